The van der Waals surface area contributed by atoms with Crippen LogP contribution in [0.4, 0.5) is 11.4 Å². The third-order valence-corrected chi connectivity index (χ3v) is 4.66. The predicted octanol–water partition coefficient (Wildman–Crippen LogP) is 2.88. The molecule has 2 atom stereocenters. The minimum absolute atomic E-state index is 0.102. The normalized spacial score (nSPS) is 24.1. The summed E-state index contributed by atoms with van der Waals surface area (Å²) in [6.07, 6.45) is 5.28. The zero-order valence-corrected chi connectivity index (χ0v) is 12.0. The van der Waals surface area contributed by atoms with Crippen molar-refractivity contribution in [2.45, 2.75) is 12.8 Å². The minimum Gasteiger partial charge on any atom is -0.398 e. The van der Waals surface area contributed by atoms with Crippen LogP contribution in [0.2, 0.25) is 0 Å². The van der Waals surface area contributed by atoms with E-state index in [0.29, 0.717) is 24.2 Å². The Bertz CT molecular complexity index is 794. The zero-order chi connectivity index (χ0) is 15.3. The largest absolute Gasteiger partial charge is 0.398 e. The van der Waals surface area contributed by atoms with Gasteiger partial charge in [-0.25, -0.2) is 4.90 Å². The lowest BCUT2D eigenvalue weighted by Crippen LogP contribution is -2.31. The van der Waals surface area contributed by atoms with Crippen molar-refractivity contribution in [1.82, 2.24) is 0 Å². The highest BCUT2D eigenvalue weighted by atomic mass is 16.2. The molecule has 4 nitrogen and oxygen atoms in total. The van der Waals surface area contributed by atoms with E-state index in [2.05, 4.69) is 0 Å². The predicted molar refractivity (Wildman–Crippen MR) is 86.2 cm³/mol. The second-order valence-electron chi connectivity index (χ2n) is 5.89. The summed E-state index contributed by atoms with van der Waals surface area (Å²) in [6.45, 7) is 0. The van der Waals surface area contributed by atoms with Crippen LogP contribution in [-0.2, 0) is 9.59 Å². The van der Waals surface area contributed by atoms with Crippen LogP contribution >= 0.6 is 0 Å². The molecule has 110 valence electrons. The number of carbonyl (C=O) groups excluding carboxylic acids is 2. The smallest absolute Gasteiger partial charge is 0.238 e. The van der Waals surface area contributed by atoms with Crippen molar-refractivity contribution < 1.29 is 9.59 Å². The molecule has 2 aromatic carbocycles. The van der Waals surface area contributed by atoms with Crippen molar-refractivity contribution >= 4 is 34.0 Å². The van der Waals surface area contributed by atoms with Gasteiger partial charge in [0.1, 0.15) is 0 Å². The number of nitrogens with two attached hydrogens (primary N) is 1. The molecule has 4 heteroatoms. The first-order valence-corrected chi connectivity index (χ1v) is 7.48. The fraction of sp³-hybridized carbons (Fsp3) is 0.222. The van der Waals surface area contributed by atoms with E-state index in [1.807, 2.05) is 36.4 Å². The molecule has 4 rings (SSSR count). The van der Waals surface area contributed by atoms with Crippen LogP contribution in [0, 0.1) is 11.8 Å². The number of benzene rings is 2. The number of carbonyl (C=O) groups is 2. The van der Waals surface area contributed by atoms with Crippen LogP contribution in [0.5, 0.6) is 0 Å². The van der Waals surface area contributed by atoms with E-state index in [1.165, 1.54) is 4.90 Å². The average molecular weight is 292 g/mol. The molecule has 22 heavy (non-hydrogen) atoms. The van der Waals surface area contributed by atoms with Gasteiger partial charge in [-0.2, -0.15) is 0 Å². The molecule has 2 aliphatic rings. The van der Waals surface area contributed by atoms with Crippen LogP contribution in [0.25, 0.3) is 10.8 Å². The summed E-state index contributed by atoms with van der Waals surface area (Å²) in [4.78, 5) is 26.8. The third-order valence-electron chi connectivity index (χ3n) is 4.66. The van der Waals surface area contributed by atoms with E-state index in [4.69, 9.17) is 5.73 Å². The van der Waals surface area contributed by atoms with Crippen molar-refractivity contribution in [1.29, 1.82) is 0 Å². The molecule has 0 spiro atoms. The lowest BCUT2D eigenvalue weighted by atomic mass is 9.85. The molecular weight excluding hydrogens is 276 g/mol. The van der Waals surface area contributed by atoms with Gasteiger partial charge in [-0.05, 0) is 30.4 Å². The summed E-state index contributed by atoms with van der Waals surface area (Å²) in [5, 5.41) is 1.71. The standard InChI is InChI=1S/C18H16N2O2/c19-14-9-3-5-11-6-4-10-15(16(11)14)20-17(21)12-7-1-2-8-13(12)18(20)22/h1-6,9-10,12-13H,7-8,19H2/t12-,13+. The Morgan fingerprint density at radius 2 is 1.50 bits per heavy atom. The number of nitrogens with zero attached hydrogens (tertiary/aromatic N) is 1. The fourth-order valence-corrected chi connectivity index (χ4v) is 3.57. The molecule has 0 radical (unpaired) electrons. The van der Waals surface area contributed by atoms with Crippen molar-refractivity contribution in [3.8, 4) is 0 Å². The van der Waals surface area contributed by atoms with E-state index >= 15 is 0 Å². The molecule has 1 heterocycles. The van der Waals surface area contributed by atoms with Gasteiger partial charge in [0.2, 0.25) is 11.8 Å². The first-order chi connectivity index (χ1) is 10.7. The molecule has 0 bridgehead atoms. The number of anilines is 2. The summed E-state index contributed by atoms with van der Waals surface area (Å²) in [7, 11) is 0. The minimum atomic E-state index is -0.224. The van der Waals surface area contributed by atoms with E-state index in [1.54, 1.807) is 12.1 Å². The number of nitrogen functional groups attached to an aromatic ring is 1. The quantitative estimate of drug-likeness (QED) is 0.499. The van der Waals surface area contributed by atoms with Gasteiger partial charge >= 0.3 is 0 Å². The highest BCUT2D eigenvalue weighted by Gasteiger charge is 2.48. The monoisotopic (exact) mass is 292 g/mol. The van der Waals surface area contributed by atoms with Crippen molar-refractivity contribution in [3.63, 3.8) is 0 Å². The van der Waals surface area contributed by atoms with Crippen LogP contribution in [0.3, 0.4) is 0 Å². The van der Waals surface area contributed by atoms with Crippen molar-refractivity contribution in [2.24, 2.45) is 11.8 Å². The molecule has 1 aliphatic heterocycles. The third kappa shape index (κ3) is 1.70. The number of fused-ring (bicyclic) bond motifs is 2. The van der Waals surface area contributed by atoms with Crippen molar-refractivity contribution in [2.75, 3.05) is 10.6 Å². The molecule has 2 N–H and O–H groups in total. The molecule has 0 aromatic heterocycles. The molecule has 2 amide bonds. The Hall–Kier alpha value is -2.62. The maximum atomic E-state index is 12.7. The molecule has 0 unspecified atom stereocenters. The Balaban J connectivity index is 1.90. The SMILES string of the molecule is Nc1cccc2cccc(N3C(=O)[C@H]4CC=CC[C@H]4C3=O)c12. The fourth-order valence-electron chi connectivity index (χ4n) is 3.57. The highest BCUT2D eigenvalue weighted by Crippen LogP contribution is 2.41. The van der Waals surface area contributed by atoms with Crippen molar-refractivity contribution in [3.05, 3.63) is 48.6 Å². The van der Waals surface area contributed by atoms with Gasteiger partial charge in [0, 0.05) is 11.1 Å². The molecule has 2 aromatic rings. The Labute approximate surface area is 128 Å². The molecule has 0 saturated carbocycles. The van der Waals surface area contributed by atoms with Gasteiger partial charge in [-0.3, -0.25) is 9.59 Å². The maximum absolute atomic E-state index is 12.7. The van der Waals surface area contributed by atoms with E-state index in [-0.39, 0.29) is 23.7 Å². The van der Waals surface area contributed by atoms with Gasteiger partial charge < -0.3 is 5.73 Å². The number of amides is 2. The Morgan fingerprint density at radius 3 is 2.14 bits per heavy atom. The molecule has 1 fully saturated rings. The van der Waals surface area contributed by atoms with E-state index in [9.17, 15) is 9.59 Å². The number of imide groups is 1. The summed E-state index contributed by atoms with van der Waals surface area (Å²) in [6, 6.07) is 11.2. The summed E-state index contributed by atoms with van der Waals surface area (Å²) in [5.74, 6) is -0.652. The zero-order valence-electron chi connectivity index (χ0n) is 12.0. The Kier molecular flexibility index (Phi) is 2.79. The molecule has 1 saturated heterocycles. The number of rotatable bonds is 1. The summed E-state index contributed by atoms with van der Waals surface area (Å²) in [5.41, 5.74) is 7.30. The first-order valence-electron chi connectivity index (χ1n) is 7.48. The van der Waals surface area contributed by atoms with Gasteiger partial charge in [0.05, 0.1) is 17.5 Å². The molecular formula is C18H16N2O2. The number of hydrogen-bond acceptors (Lipinski definition) is 3. The highest BCUT2D eigenvalue weighted by molar-refractivity contribution is 6.26. The second kappa shape index (κ2) is 4.70. The van der Waals surface area contributed by atoms with Gasteiger partial charge in [-0.1, -0.05) is 36.4 Å². The number of hydrogen-bond donors (Lipinski definition) is 1. The summed E-state index contributed by atoms with van der Waals surface area (Å²) >= 11 is 0. The van der Waals surface area contributed by atoms with Crippen LogP contribution in [-0.4, -0.2) is 11.8 Å². The first kappa shape index (κ1) is 13.1. The topological polar surface area (TPSA) is 63.4 Å². The van der Waals surface area contributed by atoms with Crippen LogP contribution in [0.15, 0.2) is 48.6 Å². The van der Waals surface area contributed by atoms with Gasteiger partial charge in [0.15, 0.2) is 0 Å². The lowest BCUT2D eigenvalue weighted by molar-refractivity contribution is -0.122. The lowest BCUT2D eigenvalue weighted by Gasteiger charge is -2.18. The Morgan fingerprint density at radius 1 is 0.909 bits per heavy atom. The average Bonchev–Trinajstić information content (AvgIpc) is 2.79. The van der Waals surface area contributed by atoms with E-state index < -0.39 is 0 Å². The van der Waals surface area contributed by atoms with Crippen LogP contribution < -0.4 is 10.6 Å². The maximum Gasteiger partial charge on any atom is 0.238 e. The second-order valence-corrected chi connectivity index (χ2v) is 5.89. The van der Waals surface area contributed by atoms with E-state index in [0.717, 1.165) is 10.8 Å². The summed E-state index contributed by atoms with van der Waals surface area (Å²) < 4.78 is 0. The van der Waals surface area contributed by atoms with Gasteiger partial charge in [0.25, 0.3) is 0 Å². The van der Waals surface area contributed by atoms with Gasteiger partial charge in [-0.15, -0.1) is 0 Å². The molecule has 1 aliphatic carbocycles. The number of allylic oxidation sites excluding steroid dienone is 2. The van der Waals surface area contributed by atoms with Crippen LogP contribution in [0.1, 0.15) is 12.8 Å².